The number of halogens is 2. The van der Waals surface area contributed by atoms with Gasteiger partial charge in [0.1, 0.15) is 5.82 Å². The summed E-state index contributed by atoms with van der Waals surface area (Å²) in [7, 11) is 2.18. The molecule has 1 saturated heterocycles. The van der Waals surface area contributed by atoms with E-state index >= 15 is 0 Å². The van der Waals surface area contributed by atoms with Crippen LogP contribution in [0.15, 0.2) is 22.7 Å². The number of piperidine rings is 1. The van der Waals surface area contributed by atoms with Gasteiger partial charge >= 0.3 is 0 Å². The normalized spacial score (nSPS) is 26.4. The lowest BCUT2D eigenvalue weighted by Crippen LogP contribution is -2.46. The van der Waals surface area contributed by atoms with Crippen LogP contribution in [-0.2, 0) is 0 Å². The molecule has 106 valence electrons. The van der Waals surface area contributed by atoms with Crippen molar-refractivity contribution < 1.29 is 4.39 Å². The Balaban J connectivity index is 1.97. The van der Waals surface area contributed by atoms with Crippen LogP contribution in [-0.4, -0.2) is 30.6 Å². The Labute approximate surface area is 123 Å². The van der Waals surface area contributed by atoms with Crippen molar-refractivity contribution in [2.75, 3.05) is 13.6 Å². The lowest BCUT2D eigenvalue weighted by molar-refractivity contribution is 0.163. The molecule has 19 heavy (non-hydrogen) atoms. The third-order valence-electron chi connectivity index (χ3n) is 4.14. The molecule has 1 N–H and O–H groups in total. The van der Waals surface area contributed by atoms with Gasteiger partial charge in [-0.05, 0) is 73.9 Å². The van der Waals surface area contributed by atoms with E-state index in [-0.39, 0.29) is 11.9 Å². The maximum absolute atomic E-state index is 13.2. The van der Waals surface area contributed by atoms with Crippen LogP contribution < -0.4 is 5.32 Å². The third kappa shape index (κ3) is 3.77. The monoisotopic (exact) mass is 328 g/mol. The smallest absolute Gasteiger partial charge is 0.137 e. The SMILES string of the molecule is CC(NC1CCN(C)C(C)C1)c1ccc(F)c(Br)c1. The molecule has 0 amide bonds. The molecule has 1 fully saturated rings. The minimum atomic E-state index is -0.205. The fourth-order valence-corrected chi connectivity index (χ4v) is 3.07. The Morgan fingerprint density at radius 2 is 2.21 bits per heavy atom. The summed E-state index contributed by atoms with van der Waals surface area (Å²) < 4.78 is 13.8. The average molecular weight is 329 g/mol. The highest BCUT2D eigenvalue weighted by Gasteiger charge is 2.24. The molecule has 1 aromatic rings. The second-order valence-corrected chi connectivity index (χ2v) is 6.47. The van der Waals surface area contributed by atoms with E-state index in [1.165, 1.54) is 18.9 Å². The molecular formula is C15H22BrFN2. The molecule has 0 aliphatic carbocycles. The van der Waals surface area contributed by atoms with Crippen molar-refractivity contribution in [1.29, 1.82) is 0 Å². The predicted octanol–water partition coefficient (Wildman–Crippen LogP) is 3.72. The lowest BCUT2D eigenvalue weighted by Gasteiger charge is -2.36. The van der Waals surface area contributed by atoms with Gasteiger partial charge < -0.3 is 10.2 Å². The zero-order chi connectivity index (χ0) is 14.0. The number of hydrogen-bond acceptors (Lipinski definition) is 2. The first-order valence-electron chi connectivity index (χ1n) is 6.88. The molecular weight excluding hydrogens is 307 g/mol. The molecule has 2 nitrogen and oxygen atoms in total. The Hall–Kier alpha value is -0.450. The maximum atomic E-state index is 13.2. The molecule has 1 heterocycles. The van der Waals surface area contributed by atoms with Crippen molar-refractivity contribution in [2.24, 2.45) is 0 Å². The van der Waals surface area contributed by atoms with E-state index in [2.05, 4.69) is 47.0 Å². The van der Waals surface area contributed by atoms with Crippen molar-refractivity contribution in [3.05, 3.63) is 34.1 Å². The van der Waals surface area contributed by atoms with Crippen LogP contribution in [0, 0.1) is 5.82 Å². The van der Waals surface area contributed by atoms with Crippen molar-refractivity contribution >= 4 is 15.9 Å². The molecule has 1 aromatic carbocycles. The summed E-state index contributed by atoms with van der Waals surface area (Å²) in [6, 6.07) is 6.66. The molecule has 0 radical (unpaired) electrons. The van der Waals surface area contributed by atoms with Gasteiger partial charge in [0.05, 0.1) is 4.47 Å². The number of likely N-dealkylation sites (tertiary alicyclic amines) is 1. The Morgan fingerprint density at radius 3 is 2.84 bits per heavy atom. The highest BCUT2D eigenvalue weighted by molar-refractivity contribution is 9.10. The molecule has 0 aromatic heterocycles. The molecule has 0 saturated carbocycles. The number of hydrogen-bond donors (Lipinski definition) is 1. The molecule has 1 aliphatic heterocycles. The first-order valence-corrected chi connectivity index (χ1v) is 7.68. The minimum Gasteiger partial charge on any atom is -0.307 e. The molecule has 2 rings (SSSR count). The number of rotatable bonds is 3. The van der Waals surface area contributed by atoms with Crippen LogP contribution in [0.4, 0.5) is 4.39 Å². The van der Waals surface area contributed by atoms with E-state index in [0.29, 0.717) is 16.6 Å². The van der Waals surface area contributed by atoms with Gasteiger partial charge in [-0.3, -0.25) is 0 Å². The van der Waals surface area contributed by atoms with Gasteiger partial charge in [0.25, 0.3) is 0 Å². The van der Waals surface area contributed by atoms with E-state index in [1.54, 1.807) is 0 Å². The standard InChI is InChI=1S/C15H22BrFN2/c1-10-8-13(6-7-19(10)3)18-11(2)12-4-5-15(17)14(16)9-12/h4-5,9-11,13,18H,6-8H2,1-3H3. The third-order valence-corrected chi connectivity index (χ3v) is 4.75. The van der Waals surface area contributed by atoms with E-state index in [9.17, 15) is 4.39 Å². The highest BCUT2D eigenvalue weighted by atomic mass is 79.9. The van der Waals surface area contributed by atoms with Crippen LogP contribution >= 0.6 is 15.9 Å². The van der Waals surface area contributed by atoms with Crippen LogP contribution in [0.5, 0.6) is 0 Å². The molecule has 4 heteroatoms. The molecule has 3 unspecified atom stereocenters. The first kappa shape index (κ1) is 14.9. The van der Waals surface area contributed by atoms with E-state index in [0.717, 1.165) is 12.1 Å². The van der Waals surface area contributed by atoms with Gasteiger partial charge in [-0.1, -0.05) is 6.07 Å². The summed E-state index contributed by atoms with van der Waals surface area (Å²) in [6.07, 6.45) is 2.34. The predicted molar refractivity (Wildman–Crippen MR) is 80.8 cm³/mol. The molecule has 0 bridgehead atoms. The summed E-state index contributed by atoms with van der Waals surface area (Å²) in [5, 5.41) is 3.66. The van der Waals surface area contributed by atoms with Gasteiger partial charge in [0, 0.05) is 18.1 Å². The fraction of sp³-hybridized carbons (Fsp3) is 0.600. The maximum Gasteiger partial charge on any atom is 0.137 e. The van der Waals surface area contributed by atoms with Gasteiger partial charge in [-0.15, -0.1) is 0 Å². The van der Waals surface area contributed by atoms with Crippen LogP contribution in [0.1, 0.15) is 38.3 Å². The largest absolute Gasteiger partial charge is 0.307 e. The Kier molecular flexibility index (Phi) is 4.98. The van der Waals surface area contributed by atoms with Gasteiger partial charge in [-0.25, -0.2) is 4.39 Å². The summed E-state index contributed by atoms with van der Waals surface area (Å²) in [4.78, 5) is 2.40. The zero-order valence-electron chi connectivity index (χ0n) is 11.8. The average Bonchev–Trinajstić information content (AvgIpc) is 2.37. The number of benzene rings is 1. The minimum absolute atomic E-state index is 0.205. The number of nitrogens with zero attached hydrogens (tertiary/aromatic N) is 1. The summed E-state index contributed by atoms with van der Waals surface area (Å²) >= 11 is 3.25. The summed E-state index contributed by atoms with van der Waals surface area (Å²) in [5.74, 6) is -0.205. The van der Waals surface area contributed by atoms with Crippen molar-refractivity contribution in [2.45, 2.75) is 44.8 Å². The van der Waals surface area contributed by atoms with E-state index in [1.807, 2.05) is 12.1 Å². The van der Waals surface area contributed by atoms with Gasteiger partial charge in [0.2, 0.25) is 0 Å². The van der Waals surface area contributed by atoms with Crippen molar-refractivity contribution in [3.8, 4) is 0 Å². The van der Waals surface area contributed by atoms with Gasteiger partial charge in [-0.2, -0.15) is 0 Å². The van der Waals surface area contributed by atoms with Crippen LogP contribution in [0.25, 0.3) is 0 Å². The second-order valence-electron chi connectivity index (χ2n) is 5.61. The lowest BCUT2D eigenvalue weighted by atomic mass is 9.97. The highest BCUT2D eigenvalue weighted by Crippen LogP contribution is 2.23. The first-order chi connectivity index (χ1) is 8.97. The van der Waals surface area contributed by atoms with E-state index < -0.39 is 0 Å². The summed E-state index contributed by atoms with van der Waals surface area (Å²) in [6.45, 7) is 5.55. The quantitative estimate of drug-likeness (QED) is 0.909. The Morgan fingerprint density at radius 1 is 1.47 bits per heavy atom. The Bertz CT molecular complexity index is 438. The zero-order valence-corrected chi connectivity index (χ0v) is 13.4. The van der Waals surface area contributed by atoms with Crippen LogP contribution in [0.2, 0.25) is 0 Å². The summed E-state index contributed by atoms with van der Waals surface area (Å²) in [5.41, 5.74) is 1.12. The topological polar surface area (TPSA) is 15.3 Å². The molecule has 3 atom stereocenters. The fourth-order valence-electron chi connectivity index (χ4n) is 2.67. The van der Waals surface area contributed by atoms with Crippen LogP contribution in [0.3, 0.4) is 0 Å². The van der Waals surface area contributed by atoms with E-state index in [4.69, 9.17) is 0 Å². The van der Waals surface area contributed by atoms with Crippen molar-refractivity contribution in [1.82, 2.24) is 10.2 Å². The number of nitrogens with one attached hydrogen (secondary N) is 1. The molecule has 1 aliphatic rings. The van der Waals surface area contributed by atoms with Gasteiger partial charge in [0.15, 0.2) is 0 Å². The molecule has 0 spiro atoms. The van der Waals surface area contributed by atoms with Crippen molar-refractivity contribution in [3.63, 3.8) is 0 Å². The second kappa shape index (κ2) is 6.33.